The minimum Gasteiger partial charge on any atom is -0.490 e. The summed E-state index contributed by atoms with van der Waals surface area (Å²) in [5.74, 6) is 1.50. The van der Waals surface area contributed by atoms with Crippen LogP contribution in [0.5, 0.6) is 11.5 Å². The number of aryl methyl sites for hydroxylation is 2. The third kappa shape index (κ3) is 3.78. The number of nitrogens with one attached hydrogen (secondary N) is 1. The number of hydrogen-bond acceptors (Lipinski definition) is 4. The first kappa shape index (κ1) is 17.3. The SMILES string of the molecule is Cc1nn(C)c(C)c1CC(=O)N[C@@H](C)c1ccc2c(c1)OCCCO2. The molecule has 0 bridgehead atoms. The Balaban J connectivity index is 1.68. The lowest BCUT2D eigenvalue weighted by Gasteiger charge is -2.16. The van der Waals surface area contributed by atoms with Crippen molar-refractivity contribution in [1.82, 2.24) is 15.1 Å². The lowest BCUT2D eigenvalue weighted by atomic mass is 10.1. The number of carbonyl (C=O) groups is 1. The number of fused-ring (bicyclic) bond motifs is 1. The molecule has 0 aliphatic carbocycles. The van der Waals surface area contributed by atoms with Crippen molar-refractivity contribution >= 4 is 5.91 Å². The molecule has 1 N–H and O–H groups in total. The molecule has 0 saturated carbocycles. The van der Waals surface area contributed by atoms with E-state index < -0.39 is 0 Å². The normalized spacial score (nSPS) is 14.7. The van der Waals surface area contributed by atoms with E-state index in [-0.39, 0.29) is 11.9 Å². The lowest BCUT2D eigenvalue weighted by molar-refractivity contribution is -0.121. The minimum atomic E-state index is -0.109. The first-order chi connectivity index (χ1) is 12.0. The van der Waals surface area contributed by atoms with Crippen molar-refractivity contribution in [3.05, 3.63) is 40.7 Å². The van der Waals surface area contributed by atoms with E-state index in [0.717, 1.165) is 40.4 Å². The summed E-state index contributed by atoms with van der Waals surface area (Å²) >= 11 is 0. The van der Waals surface area contributed by atoms with Gasteiger partial charge in [-0.05, 0) is 38.5 Å². The first-order valence-electron chi connectivity index (χ1n) is 8.63. The standard InChI is InChI=1S/C19H25N3O3/c1-12(15-6-7-17-18(10-15)25-9-5-8-24-17)20-19(23)11-16-13(2)21-22(4)14(16)3/h6-7,10,12H,5,8-9,11H2,1-4H3,(H,20,23)/t12-/m0/s1. The largest absolute Gasteiger partial charge is 0.490 e. The molecule has 1 amide bonds. The van der Waals surface area contributed by atoms with E-state index in [1.165, 1.54) is 0 Å². The molecule has 6 nitrogen and oxygen atoms in total. The number of rotatable bonds is 4. The van der Waals surface area contributed by atoms with Crippen molar-refractivity contribution in [3.8, 4) is 11.5 Å². The highest BCUT2D eigenvalue weighted by atomic mass is 16.5. The molecule has 2 heterocycles. The van der Waals surface area contributed by atoms with Crippen LogP contribution in [0.2, 0.25) is 0 Å². The van der Waals surface area contributed by atoms with Crippen LogP contribution in [0.4, 0.5) is 0 Å². The van der Waals surface area contributed by atoms with E-state index in [2.05, 4.69) is 10.4 Å². The van der Waals surface area contributed by atoms with Gasteiger partial charge in [-0.1, -0.05) is 6.07 Å². The fraction of sp³-hybridized carbons (Fsp3) is 0.474. The molecule has 0 radical (unpaired) electrons. The maximum Gasteiger partial charge on any atom is 0.225 e. The Hall–Kier alpha value is -2.50. The Morgan fingerprint density at radius 3 is 2.68 bits per heavy atom. The summed E-state index contributed by atoms with van der Waals surface area (Å²) in [6.45, 7) is 7.21. The topological polar surface area (TPSA) is 65.4 Å². The fourth-order valence-corrected chi connectivity index (χ4v) is 3.06. The second-order valence-corrected chi connectivity index (χ2v) is 6.50. The monoisotopic (exact) mass is 343 g/mol. The van der Waals surface area contributed by atoms with Gasteiger partial charge in [0.1, 0.15) is 0 Å². The third-order valence-corrected chi connectivity index (χ3v) is 4.65. The highest BCUT2D eigenvalue weighted by Gasteiger charge is 2.17. The Kier molecular flexibility index (Phi) is 4.97. The Bertz CT molecular complexity index is 782. The van der Waals surface area contributed by atoms with E-state index >= 15 is 0 Å². The maximum absolute atomic E-state index is 12.4. The Morgan fingerprint density at radius 2 is 2.00 bits per heavy atom. The highest BCUT2D eigenvalue weighted by molar-refractivity contribution is 5.79. The molecule has 1 aliphatic heterocycles. The number of amides is 1. The number of carbonyl (C=O) groups excluding carboxylic acids is 1. The van der Waals surface area contributed by atoms with Crippen LogP contribution in [-0.2, 0) is 18.3 Å². The molecule has 1 aliphatic rings. The first-order valence-corrected chi connectivity index (χ1v) is 8.63. The molecule has 1 aromatic heterocycles. The van der Waals surface area contributed by atoms with Crippen LogP contribution in [0.15, 0.2) is 18.2 Å². The van der Waals surface area contributed by atoms with Crippen LogP contribution in [0, 0.1) is 13.8 Å². The fourth-order valence-electron chi connectivity index (χ4n) is 3.06. The van der Waals surface area contributed by atoms with Crippen molar-refractivity contribution in [2.75, 3.05) is 13.2 Å². The van der Waals surface area contributed by atoms with Crippen LogP contribution in [0.3, 0.4) is 0 Å². The van der Waals surface area contributed by atoms with Gasteiger partial charge in [-0.15, -0.1) is 0 Å². The smallest absolute Gasteiger partial charge is 0.225 e. The number of benzene rings is 1. The van der Waals surface area contributed by atoms with Gasteiger partial charge in [-0.2, -0.15) is 5.10 Å². The van der Waals surface area contributed by atoms with Gasteiger partial charge in [0.15, 0.2) is 11.5 Å². The zero-order valence-electron chi connectivity index (χ0n) is 15.3. The Morgan fingerprint density at radius 1 is 1.28 bits per heavy atom. The van der Waals surface area contributed by atoms with Crippen LogP contribution in [-0.4, -0.2) is 28.9 Å². The van der Waals surface area contributed by atoms with Gasteiger partial charge < -0.3 is 14.8 Å². The average Bonchev–Trinajstić information content (AvgIpc) is 2.76. The summed E-state index contributed by atoms with van der Waals surface area (Å²) in [5, 5.41) is 7.42. The van der Waals surface area contributed by atoms with Crippen molar-refractivity contribution in [3.63, 3.8) is 0 Å². The zero-order valence-corrected chi connectivity index (χ0v) is 15.3. The molecule has 2 aromatic rings. The molecule has 1 aromatic carbocycles. The molecule has 0 spiro atoms. The average molecular weight is 343 g/mol. The molecule has 1 atom stereocenters. The molecule has 6 heteroatoms. The van der Waals surface area contributed by atoms with Crippen molar-refractivity contribution in [1.29, 1.82) is 0 Å². The molecule has 3 rings (SSSR count). The van der Waals surface area contributed by atoms with Gasteiger partial charge in [-0.3, -0.25) is 9.48 Å². The quantitative estimate of drug-likeness (QED) is 0.927. The van der Waals surface area contributed by atoms with E-state index in [1.54, 1.807) is 0 Å². The number of nitrogens with zero attached hydrogens (tertiary/aromatic N) is 2. The molecular weight excluding hydrogens is 318 g/mol. The van der Waals surface area contributed by atoms with Crippen molar-refractivity contribution in [2.45, 2.75) is 39.7 Å². The van der Waals surface area contributed by atoms with Gasteiger partial charge in [0.25, 0.3) is 0 Å². The summed E-state index contributed by atoms with van der Waals surface area (Å²) in [6.07, 6.45) is 1.21. The van der Waals surface area contributed by atoms with Gasteiger partial charge in [0, 0.05) is 24.7 Å². The third-order valence-electron chi connectivity index (χ3n) is 4.65. The van der Waals surface area contributed by atoms with E-state index in [0.29, 0.717) is 19.6 Å². The van der Waals surface area contributed by atoms with Gasteiger partial charge in [-0.25, -0.2) is 0 Å². The molecule has 25 heavy (non-hydrogen) atoms. The predicted molar refractivity (Wildman–Crippen MR) is 95.0 cm³/mol. The second-order valence-electron chi connectivity index (χ2n) is 6.50. The summed E-state index contributed by atoms with van der Waals surface area (Å²) in [5.41, 5.74) is 3.91. The number of aromatic nitrogens is 2. The molecule has 0 fully saturated rings. The van der Waals surface area contributed by atoms with Crippen molar-refractivity contribution in [2.24, 2.45) is 7.05 Å². The lowest BCUT2D eigenvalue weighted by Crippen LogP contribution is -2.28. The van der Waals surface area contributed by atoms with Gasteiger partial charge >= 0.3 is 0 Å². The van der Waals surface area contributed by atoms with Crippen LogP contribution in [0.1, 0.15) is 41.9 Å². The maximum atomic E-state index is 12.4. The van der Waals surface area contributed by atoms with Gasteiger partial charge in [0.2, 0.25) is 5.91 Å². The molecule has 0 unspecified atom stereocenters. The summed E-state index contributed by atoms with van der Waals surface area (Å²) in [6, 6.07) is 5.72. The predicted octanol–water partition coefficient (Wildman–Crippen LogP) is 2.62. The number of ether oxygens (including phenoxy) is 2. The minimum absolute atomic E-state index is 0.0150. The van der Waals surface area contributed by atoms with Crippen LogP contribution < -0.4 is 14.8 Å². The van der Waals surface area contributed by atoms with Crippen molar-refractivity contribution < 1.29 is 14.3 Å². The molecular formula is C19H25N3O3. The summed E-state index contributed by atoms with van der Waals surface area (Å²) in [4.78, 5) is 12.4. The van der Waals surface area contributed by atoms with E-state index in [4.69, 9.17) is 9.47 Å². The summed E-state index contributed by atoms with van der Waals surface area (Å²) < 4.78 is 13.2. The molecule has 134 valence electrons. The van der Waals surface area contributed by atoms with Crippen LogP contribution >= 0.6 is 0 Å². The van der Waals surface area contributed by atoms with Crippen LogP contribution in [0.25, 0.3) is 0 Å². The van der Waals surface area contributed by atoms with E-state index in [9.17, 15) is 4.79 Å². The second kappa shape index (κ2) is 7.17. The zero-order chi connectivity index (χ0) is 18.0. The summed E-state index contributed by atoms with van der Waals surface area (Å²) in [7, 11) is 1.89. The van der Waals surface area contributed by atoms with Gasteiger partial charge in [0.05, 0.1) is 31.4 Å². The van der Waals surface area contributed by atoms with E-state index in [1.807, 2.05) is 50.7 Å². The highest BCUT2D eigenvalue weighted by Crippen LogP contribution is 2.32. The molecule has 0 saturated heterocycles. The Labute approximate surface area is 148 Å². The number of hydrogen-bond donors (Lipinski definition) is 1.